The average Bonchev–Trinajstić information content (AvgIpc) is 2.20. The third-order valence-corrected chi connectivity index (χ3v) is 8.90. The molecule has 0 saturated carbocycles. The van der Waals surface area contributed by atoms with Gasteiger partial charge in [-0.1, -0.05) is 20.8 Å². The summed E-state index contributed by atoms with van der Waals surface area (Å²) in [6.45, 7) is 14.2. The van der Waals surface area contributed by atoms with Gasteiger partial charge in [-0.25, -0.2) is 0 Å². The summed E-state index contributed by atoms with van der Waals surface area (Å²) in [6.07, 6.45) is 0.553. The molecule has 116 valence electrons. The van der Waals surface area contributed by atoms with E-state index in [4.69, 9.17) is 9.16 Å². The summed E-state index contributed by atoms with van der Waals surface area (Å²) in [4.78, 5) is 23.4. The van der Waals surface area contributed by atoms with Crippen LogP contribution in [-0.2, 0) is 18.8 Å². The second-order valence-electron chi connectivity index (χ2n) is 7.41. The van der Waals surface area contributed by atoms with E-state index in [1.54, 1.807) is 0 Å². The highest BCUT2D eigenvalue weighted by Crippen LogP contribution is 2.40. The molecule has 1 heterocycles. The summed E-state index contributed by atoms with van der Waals surface area (Å²) >= 11 is 0. The number of carbonyl (C=O) groups excluding carboxylic acids is 2. The summed E-state index contributed by atoms with van der Waals surface area (Å²) in [7, 11) is -1.96. The van der Waals surface area contributed by atoms with Gasteiger partial charge in [0.25, 0.3) is 0 Å². The molecule has 3 atom stereocenters. The molecule has 0 radical (unpaired) electrons. The van der Waals surface area contributed by atoms with Crippen LogP contribution in [0.3, 0.4) is 0 Å². The highest BCUT2D eigenvalue weighted by molar-refractivity contribution is 6.74. The third kappa shape index (κ3) is 4.15. The predicted molar refractivity (Wildman–Crippen MR) is 81.0 cm³/mol. The third-order valence-electron chi connectivity index (χ3n) is 4.39. The fourth-order valence-corrected chi connectivity index (χ4v) is 3.56. The van der Waals surface area contributed by atoms with Gasteiger partial charge in [0.2, 0.25) is 0 Å². The van der Waals surface area contributed by atoms with Crippen LogP contribution in [0.5, 0.6) is 0 Å². The number of carbonyl (C=O) groups is 2. The first-order valence-electron chi connectivity index (χ1n) is 7.32. The fraction of sp³-hybridized carbons (Fsp3) is 0.867. The molecule has 1 fully saturated rings. The Bertz CT molecular complexity index is 384. The summed E-state index contributed by atoms with van der Waals surface area (Å²) in [6, 6.07) is 0. The Morgan fingerprint density at radius 1 is 1.40 bits per heavy atom. The highest BCUT2D eigenvalue weighted by atomic mass is 28.4. The summed E-state index contributed by atoms with van der Waals surface area (Å²) in [5, 5.41) is 0.0817. The minimum atomic E-state index is -1.96. The van der Waals surface area contributed by atoms with E-state index in [2.05, 4.69) is 33.9 Å². The van der Waals surface area contributed by atoms with E-state index in [0.717, 1.165) is 0 Å². The van der Waals surface area contributed by atoms with Crippen LogP contribution in [0.4, 0.5) is 0 Å². The van der Waals surface area contributed by atoms with Crippen LogP contribution in [0, 0.1) is 5.92 Å². The van der Waals surface area contributed by atoms with Crippen LogP contribution in [0.1, 0.15) is 47.5 Å². The molecule has 0 amide bonds. The Labute approximate surface area is 123 Å². The van der Waals surface area contributed by atoms with Crippen molar-refractivity contribution in [3.8, 4) is 0 Å². The number of ether oxygens (including phenoxy) is 1. The molecule has 0 bridgehead atoms. The van der Waals surface area contributed by atoms with Gasteiger partial charge in [0.1, 0.15) is 11.9 Å². The summed E-state index contributed by atoms with van der Waals surface area (Å²) in [5.41, 5.74) is 0. The molecule has 1 saturated heterocycles. The minimum Gasteiger partial charge on any atom is -0.462 e. The standard InChI is InChI=1S/C15H28O4Si/c1-10(16)8-12-13(9-11(2)18-14(12)17)19-20(6,7)15(3,4)5/h11-13H,8-9H2,1-7H3/t11-,12+,13+/m0/s1. The van der Waals surface area contributed by atoms with Crippen molar-refractivity contribution in [2.45, 2.75) is 77.8 Å². The molecule has 1 rings (SSSR count). The zero-order valence-electron chi connectivity index (χ0n) is 13.8. The lowest BCUT2D eigenvalue weighted by molar-refractivity contribution is -0.168. The van der Waals surface area contributed by atoms with E-state index in [0.29, 0.717) is 6.42 Å². The lowest BCUT2D eigenvalue weighted by Crippen LogP contribution is -2.51. The quantitative estimate of drug-likeness (QED) is 0.590. The topological polar surface area (TPSA) is 52.6 Å². The van der Waals surface area contributed by atoms with Crippen LogP contribution in [-0.4, -0.2) is 32.3 Å². The van der Waals surface area contributed by atoms with Crippen LogP contribution < -0.4 is 0 Å². The molecular formula is C15H28O4Si. The zero-order chi connectivity index (χ0) is 15.7. The lowest BCUT2D eigenvalue weighted by atomic mass is 9.90. The van der Waals surface area contributed by atoms with Gasteiger partial charge in [0.15, 0.2) is 8.32 Å². The van der Waals surface area contributed by atoms with Gasteiger partial charge in [-0.2, -0.15) is 0 Å². The molecule has 0 spiro atoms. The van der Waals surface area contributed by atoms with Crippen LogP contribution in [0.25, 0.3) is 0 Å². The van der Waals surface area contributed by atoms with E-state index in [9.17, 15) is 9.59 Å². The van der Waals surface area contributed by atoms with Crippen molar-refractivity contribution in [1.82, 2.24) is 0 Å². The molecule has 20 heavy (non-hydrogen) atoms. The molecule has 0 aromatic carbocycles. The van der Waals surface area contributed by atoms with Crippen molar-refractivity contribution < 1.29 is 18.8 Å². The molecule has 0 aromatic rings. The number of rotatable bonds is 4. The van der Waals surface area contributed by atoms with E-state index in [1.165, 1.54) is 6.92 Å². The van der Waals surface area contributed by atoms with Crippen molar-refractivity contribution in [3.63, 3.8) is 0 Å². The molecule has 0 aliphatic carbocycles. The van der Waals surface area contributed by atoms with Gasteiger partial charge in [0.05, 0.1) is 12.0 Å². The zero-order valence-corrected chi connectivity index (χ0v) is 14.8. The lowest BCUT2D eigenvalue weighted by Gasteiger charge is -2.43. The number of ketones is 1. The van der Waals surface area contributed by atoms with E-state index >= 15 is 0 Å². The molecule has 0 unspecified atom stereocenters. The van der Waals surface area contributed by atoms with Gasteiger partial charge in [-0.05, 0) is 32.0 Å². The number of hydrogen-bond donors (Lipinski definition) is 0. The van der Waals surface area contributed by atoms with Crippen molar-refractivity contribution in [3.05, 3.63) is 0 Å². The monoisotopic (exact) mass is 300 g/mol. The normalized spacial score (nSPS) is 28.1. The Balaban J connectivity index is 2.92. The first kappa shape index (κ1) is 17.4. The average molecular weight is 300 g/mol. The van der Waals surface area contributed by atoms with Crippen molar-refractivity contribution in [2.24, 2.45) is 5.92 Å². The largest absolute Gasteiger partial charge is 0.462 e. The molecule has 4 nitrogen and oxygen atoms in total. The molecule has 0 aromatic heterocycles. The molecule has 1 aliphatic heterocycles. The highest BCUT2D eigenvalue weighted by Gasteiger charge is 2.45. The van der Waals surface area contributed by atoms with Gasteiger partial charge in [0, 0.05) is 12.8 Å². The SMILES string of the molecule is CC(=O)C[C@H]1C(=O)O[C@@H](C)C[C@H]1O[Si](C)(C)C(C)(C)C. The number of Topliss-reactive ketones (excluding diaryl/α,β-unsaturated/α-hetero) is 1. The van der Waals surface area contributed by atoms with E-state index in [-0.39, 0.29) is 35.4 Å². The summed E-state index contributed by atoms with van der Waals surface area (Å²) in [5.74, 6) is -0.731. The second kappa shape index (κ2) is 5.98. The Hall–Kier alpha value is -0.683. The number of esters is 1. The second-order valence-corrected chi connectivity index (χ2v) is 12.2. The molecule has 1 aliphatic rings. The molecule has 0 N–H and O–H groups in total. The van der Waals surface area contributed by atoms with Crippen LogP contribution in [0.15, 0.2) is 0 Å². The first-order chi connectivity index (χ1) is 8.94. The molecule has 5 heteroatoms. The maximum Gasteiger partial charge on any atom is 0.312 e. The Kier molecular flexibility index (Phi) is 5.19. The van der Waals surface area contributed by atoms with Crippen molar-refractivity contribution >= 4 is 20.1 Å². The molecular weight excluding hydrogens is 272 g/mol. The van der Waals surface area contributed by atoms with Crippen LogP contribution in [0.2, 0.25) is 18.1 Å². The van der Waals surface area contributed by atoms with Crippen molar-refractivity contribution in [2.75, 3.05) is 0 Å². The van der Waals surface area contributed by atoms with Gasteiger partial charge >= 0.3 is 5.97 Å². The first-order valence-corrected chi connectivity index (χ1v) is 10.2. The minimum absolute atomic E-state index is 0.00494. The van der Waals surface area contributed by atoms with Gasteiger partial charge in [-0.15, -0.1) is 0 Å². The van der Waals surface area contributed by atoms with E-state index < -0.39 is 14.2 Å². The Morgan fingerprint density at radius 3 is 2.40 bits per heavy atom. The van der Waals surface area contributed by atoms with E-state index in [1.807, 2.05) is 6.92 Å². The van der Waals surface area contributed by atoms with Crippen LogP contribution >= 0.6 is 0 Å². The van der Waals surface area contributed by atoms with Crippen molar-refractivity contribution in [1.29, 1.82) is 0 Å². The predicted octanol–water partition coefficient (Wildman–Crippen LogP) is 3.31. The number of hydrogen-bond acceptors (Lipinski definition) is 4. The Morgan fingerprint density at radius 2 is 1.95 bits per heavy atom. The number of cyclic esters (lactones) is 1. The van der Waals surface area contributed by atoms with Gasteiger partial charge in [-0.3, -0.25) is 4.79 Å². The maximum atomic E-state index is 12.0. The maximum absolute atomic E-state index is 12.0. The fourth-order valence-electron chi connectivity index (χ4n) is 2.19. The summed E-state index contributed by atoms with van der Waals surface area (Å²) < 4.78 is 11.7. The smallest absolute Gasteiger partial charge is 0.312 e. The van der Waals surface area contributed by atoms with Gasteiger partial charge < -0.3 is 14.0 Å².